The zero-order valence-corrected chi connectivity index (χ0v) is 18.3. The molecule has 1 aliphatic heterocycles. The monoisotopic (exact) mass is 452 g/mol. The summed E-state index contributed by atoms with van der Waals surface area (Å²) >= 11 is 0. The molecule has 1 aliphatic rings. The van der Waals surface area contributed by atoms with E-state index in [1.807, 2.05) is 11.8 Å². The van der Waals surface area contributed by atoms with Crippen molar-refractivity contribution in [2.24, 2.45) is 0 Å². The van der Waals surface area contributed by atoms with E-state index in [1.165, 1.54) is 13.2 Å². The lowest BCUT2D eigenvalue weighted by molar-refractivity contribution is -0.137. The highest BCUT2D eigenvalue weighted by molar-refractivity contribution is 5.94. The number of nitrogens with zero attached hydrogens (tertiary/aromatic N) is 3. The maximum absolute atomic E-state index is 12.8. The van der Waals surface area contributed by atoms with Gasteiger partial charge in [0.1, 0.15) is 5.82 Å². The molecule has 1 fully saturated rings. The number of carbonyl (C=O) groups excluding carboxylic acids is 1. The summed E-state index contributed by atoms with van der Waals surface area (Å²) in [6.45, 7) is 4.33. The third-order valence-electron chi connectivity index (χ3n) is 5.51. The number of hydrogen-bond acceptors (Lipinski definition) is 6. The van der Waals surface area contributed by atoms with Crippen LogP contribution >= 0.6 is 0 Å². The molecule has 1 N–H and O–H groups in total. The van der Waals surface area contributed by atoms with Gasteiger partial charge in [0.05, 0.1) is 25.8 Å². The number of rotatable bonds is 6. The quantitative estimate of drug-likeness (QED) is 0.722. The summed E-state index contributed by atoms with van der Waals surface area (Å²) in [5.74, 6) is 1.44. The van der Waals surface area contributed by atoms with Gasteiger partial charge >= 0.3 is 6.18 Å². The number of nitrogens with one attached hydrogen (secondary N) is 1. The predicted molar refractivity (Wildman–Crippen MR) is 115 cm³/mol. The lowest BCUT2D eigenvalue weighted by atomic mass is 10.2. The van der Waals surface area contributed by atoms with Gasteiger partial charge in [-0.3, -0.25) is 9.69 Å². The van der Waals surface area contributed by atoms with Gasteiger partial charge in [-0.15, -0.1) is 0 Å². The number of anilines is 2. The first-order chi connectivity index (χ1) is 15.2. The average Bonchev–Trinajstić information content (AvgIpc) is 3.04. The van der Waals surface area contributed by atoms with Crippen molar-refractivity contribution in [1.29, 1.82) is 0 Å². The number of carbonyl (C=O) groups is 1. The van der Waals surface area contributed by atoms with Gasteiger partial charge in [-0.2, -0.15) is 13.2 Å². The molecule has 10 heteroatoms. The molecule has 1 aromatic heterocycles. The predicted octanol–water partition coefficient (Wildman–Crippen LogP) is 3.66. The van der Waals surface area contributed by atoms with E-state index in [4.69, 9.17) is 9.47 Å². The van der Waals surface area contributed by atoms with Gasteiger partial charge in [-0.05, 0) is 37.6 Å². The van der Waals surface area contributed by atoms with E-state index in [0.717, 1.165) is 18.7 Å². The highest BCUT2D eigenvalue weighted by Crippen LogP contribution is 2.31. The molecule has 1 saturated heterocycles. The number of methoxy groups -OCH3 is 2. The molecule has 0 saturated carbocycles. The third-order valence-corrected chi connectivity index (χ3v) is 5.51. The normalized spacial score (nSPS) is 16.2. The van der Waals surface area contributed by atoms with E-state index in [-0.39, 0.29) is 11.9 Å². The summed E-state index contributed by atoms with van der Waals surface area (Å²) in [4.78, 5) is 20.8. The molecular formula is C22H27F3N4O3. The molecule has 0 bridgehead atoms. The largest absolute Gasteiger partial charge is 0.493 e. The maximum Gasteiger partial charge on any atom is 0.417 e. The highest BCUT2D eigenvalue weighted by Gasteiger charge is 2.31. The molecule has 3 rings (SSSR count). The number of ether oxygens (including phenoxy) is 2. The van der Waals surface area contributed by atoms with Crippen molar-refractivity contribution in [3.63, 3.8) is 0 Å². The van der Waals surface area contributed by atoms with E-state index >= 15 is 0 Å². The Labute approximate surface area is 185 Å². The minimum Gasteiger partial charge on any atom is -0.493 e. The number of hydrogen-bond donors (Lipinski definition) is 1. The topological polar surface area (TPSA) is 66.9 Å². The summed E-state index contributed by atoms with van der Waals surface area (Å²) in [7, 11) is 3.07. The number of pyridine rings is 1. The van der Waals surface area contributed by atoms with Gasteiger partial charge in [0.15, 0.2) is 11.5 Å². The fraction of sp³-hybridized carbons (Fsp3) is 0.455. The molecule has 2 heterocycles. The van der Waals surface area contributed by atoms with E-state index in [2.05, 4.69) is 15.2 Å². The van der Waals surface area contributed by atoms with Crippen molar-refractivity contribution < 1.29 is 27.4 Å². The van der Waals surface area contributed by atoms with Crippen LogP contribution in [0, 0.1) is 0 Å². The van der Waals surface area contributed by atoms with Crippen molar-refractivity contribution in [2.75, 3.05) is 50.6 Å². The molecule has 0 spiro atoms. The van der Waals surface area contributed by atoms with Crippen LogP contribution in [0.25, 0.3) is 0 Å². The van der Waals surface area contributed by atoms with Crippen LogP contribution in [0.15, 0.2) is 36.5 Å². The van der Waals surface area contributed by atoms with Crippen molar-refractivity contribution in [3.05, 3.63) is 42.1 Å². The molecule has 0 radical (unpaired) electrons. The van der Waals surface area contributed by atoms with Gasteiger partial charge in [0.25, 0.3) is 0 Å². The number of benzene rings is 1. The summed E-state index contributed by atoms with van der Waals surface area (Å²) in [5.41, 5.74) is -0.164. The first-order valence-corrected chi connectivity index (χ1v) is 10.3. The van der Waals surface area contributed by atoms with Crippen molar-refractivity contribution in [3.8, 4) is 11.5 Å². The zero-order valence-electron chi connectivity index (χ0n) is 18.3. The molecule has 1 amide bonds. The fourth-order valence-electron chi connectivity index (χ4n) is 3.62. The lowest BCUT2D eigenvalue weighted by Crippen LogP contribution is -2.44. The van der Waals surface area contributed by atoms with Crippen molar-refractivity contribution in [1.82, 2.24) is 9.88 Å². The molecule has 1 atom stereocenters. The Morgan fingerprint density at radius 2 is 1.81 bits per heavy atom. The summed E-state index contributed by atoms with van der Waals surface area (Å²) < 4.78 is 48.8. The van der Waals surface area contributed by atoms with Crippen LogP contribution in [0.5, 0.6) is 11.5 Å². The Balaban J connectivity index is 1.60. The first kappa shape index (κ1) is 23.6. The second-order valence-corrected chi connectivity index (χ2v) is 7.51. The second kappa shape index (κ2) is 10.1. The fourth-order valence-corrected chi connectivity index (χ4v) is 3.62. The molecule has 174 valence electrons. The van der Waals surface area contributed by atoms with Crippen molar-refractivity contribution >= 4 is 17.4 Å². The summed E-state index contributed by atoms with van der Waals surface area (Å²) in [6, 6.07) is 7.22. The Morgan fingerprint density at radius 1 is 1.06 bits per heavy atom. The number of alkyl halides is 3. The third kappa shape index (κ3) is 5.61. The Kier molecular flexibility index (Phi) is 7.44. The van der Waals surface area contributed by atoms with Crippen LogP contribution in [0.4, 0.5) is 24.7 Å². The van der Waals surface area contributed by atoms with Gasteiger partial charge < -0.3 is 19.7 Å². The number of amides is 1. The highest BCUT2D eigenvalue weighted by atomic mass is 19.4. The van der Waals surface area contributed by atoms with Crippen LogP contribution in [0.2, 0.25) is 0 Å². The first-order valence-electron chi connectivity index (χ1n) is 10.3. The minimum atomic E-state index is -4.40. The number of halogens is 3. The summed E-state index contributed by atoms with van der Waals surface area (Å²) in [6.07, 6.45) is -2.79. The van der Waals surface area contributed by atoms with Crippen LogP contribution in [-0.4, -0.2) is 62.2 Å². The maximum atomic E-state index is 12.8. The number of aromatic nitrogens is 1. The standard InChI is InChI=1S/C22H27F3N4O3/c1-15(21(30)27-17-6-7-18(31-2)19(13-17)32-3)28-9-4-10-29(12-11-28)20-8-5-16(14-26-20)22(23,24)25/h5-8,13-15H,4,9-12H2,1-3H3,(H,27,30). The molecule has 0 aliphatic carbocycles. The van der Waals surface area contributed by atoms with E-state index < -0.39 is 11.7 Å². The molecule has 7 nitrogen and oxygen atoms in total. The Hall–Kier alpha value is -3.01. The van der Waals surface area contributed by atoms with E-state index in [9.17, 15) is 18.0 Å². The van der Waals surface area contributed by atoms with Crippen LogP contribution < -0.4 is 19.7 Å². The molecular weight excluding hydrogens is 425 g/mol. The van der Waals surface area contributed by atoms with Crippen molar-refractivity contribution in [2.45, 2.75) is 25.6 Å². The van der Waals surface area contributed by atoms with E-state index in [0.29, 0.717) is 49.2 Å². The second-order valence-electron chi connectivity index (χ2n) is 7.51. The molecule has 32 heavy (non-hydrogen) atoms. The Morgan fingerprint density at radius 3 is 2.44 bits per heavy atom. The van der Waals surface area contributed by atoms with Gasteiger partial charge in [0.2, 0.25) is 5.91 Å². The smallest absolute Gasteiger partial charge is 0.417 e. The zero-order chi connectivity index (χ0) is 23.3. The van der Waals surface area contributed by atoms with Crippen LogP contribution in [-0.2, 0) is 11.0 Å². The van der Waals surface area contributed by atoms with Crippen LogP contribution in [0.1, 0.15) is 18.9 Å². The molecule has 2 aromatic rings. The minimum absolute atomic E-state index is 0.154. The molecule has 1 aromatic carbocycles. The van der Waals surface area contributed by atoms with E-state index in [1.54, 1.807) is 25.3 Å². The molecule has 1 unspecified atom stereocenters. The SMILES string of the molecule is COc1ccc(NC(=O)C(C)N2CCCN(c3ccc(C(F)(F)F)cn3)CC2)cc1OC. The van der Waals surface area contributed by atoms with Gasteiger partial charge in [0, 0.05) is 44.1 Å². The average molecular weight is 452 g/mol. The van der Waals surface area contributed by atoms with Gasteiger partial charge in [-0.1, -0.05) is 0 Å². The Bertz CT molecular complexity index is 922. The van der Waals surface area contributed by atoms with Crippen LogP contribution in [0.3, 0.4) is 0 Å². The summed E-state index contributed by atoms with van der Waals surface area (Å²) in [5, 5.41) is 2.90. The van der Waals surface area contributed by atoms with Gasteiger partial charge in [-0.25, -0.2) is 4.98 Å². The lowest BCUT2D eigenvalue weighted by Gasteiger charge is -2.27.